The van der Waals surface area contributed by atoms with Crippen molar-refractivity contribution in [2.45, 2.75) is 225 Å². The predicted octanol–water partition coefficient (Wildman–Crippen LogP) is 13.4. The lowest BCUT2D eigenvalue weighted by Gasteiger charge is -2.63. The van der Waals surface area contributed by atoms with Gasteiger partial charge in [-0.1, -0.05) is 147 Å². The van der Waals surface area contributed by atoms with Crippen molar-refractivity contribution >= 4 is 11.8 Å². The Hall–Kier alpha value is -1.88. The monoisotopic (exact) mass is 752 g/mol. The number of hydrogen-bond acceptors (Lipinski definition) is 3. The minimum absolute atomic E-state index is 0.131. The minimum Gasteiger partial charge on any atom is -0.354 e. The summed E-state index contributed by atoms with van der Waals surface area (Å²) in [6.45, 7) is 6.90. The second kappa shape index (κ2) is 31.2. The van der Waals surface area contributed by atoms with Crippen molar-refractivity contribution < 1.29 is 9.59 Å². The fourth-order valence-corrected chi connectivity index (χ4v) is 8.78. The van der Waals surface area contributed by atoms with Crippen molar-refractivity contribution in [2.75, 3.05) is 33.7 Å². The SMILES string of the molecule is CCCCC/C=C\C/C=C\CCCCCCCC(=O)N(CCCN(C)C)C1(C(=O)NCCCCCCCC/C=C\CCCCCCCC)CC2(CCC2)C1. The van der Waals surface area contributed by atoms with Crippen LogP contribution in [0.4, 0.5) is 0 Å². The van der Waals surface area contributed by atoms with Gasteiger partial charge in [-0.15, -0.1) is 0 Å². The summed E-state index contributed by atoms with van der Waals surface area (Å²) in [7, 11) is 4.19. The molecule has 2 aliphatic rings. The van der Waals surface area contributed by atoms with Crippen LogP contribution in [-0.4, -0.2) is 60.9 Å². The zero-order chi connectivity index (χ0) is 39.0. The molecule has 54 heavy (non-hydrogen) atoms. The lowest BCUT2D eigenvalue weighted by atomic mass is 9.47. The van der Waals surface area contributed by atoms with Crippen LogP contribution < -0.4 is 5.32 Å². The van der Waals surface area contributed by atoms with Crippen LogP contribution in [0.1, 0.15) is 219 Å². The lowest BCUT2D eigenvalue weighted by Crippen LogP contribution is -2.71. The lowest BCUT2D eigenvalue weighted by molar-refractivity contribution is -0.175. The molecule has 0 unspecified atom stereocenters. The van der Waals surface area contributed by atoms with E-state index in [-0.39, 0.29) is 11.8 Å². The van der Waals surface area contributed by atoms with Gasteiger partial charge in [-0.3, -0.25) is 9.59 Å². The molecule has 0 heterocycles. The van der Waals surface area contributed by atoms with Crippen LogP contribution in [0.25, 0.3) is 0 Å². The van der Waals surface area contributed by atoms with Crippen LogP contribution in [0.15, 0.2) is 36.5 Å². The number of amides is 2. The van der Waals surface area contributed by atoms with Crippen molar-refractivity contribution in [3.8, 4) is 0 Å². The minimum atomic E-state index is -0.635. The van der Waals surface area contributed by atoms with E-state index in [9.17, 15) is 9.59 Å². The Kier molecular flexibility index (Phi) is 27.9. The molecule has 5 nitrogen and oxygen atoms in total. The molecular formula is C49H89N3O2. The number of carbonyl (C=O) groups is 2. The number of unbranched alkanes of at least 4 members (excludes halogenated alkanes) is 20. The third-order valence-electron chi connectivity index (χ3n) is 12.3. The van der Waals surface area contributed by atoms with Crippen LogP contribution in [0.2, 0.25) is 0 Å². The van der Waals surface area contributed by atoms with E-state index in [4.69, 9.17) is 0 Å². The van der Waals surface area contributed by atoms with Crippen LogP contribution in [0.5, 0.6) is 0 Å². The van der Waals surface area contributed by atoms with Crippen LogP contribution in [0.3, 0.4) is 0 Å². The van der Waals surface area contributed by atoms with Gasteiger partial charge in [0, 0.05) is 19.5 Å². The van der Waals surface area contributed by atoms with Gasteiger partial charge >= 0.3 is 0 Å². The van der Waals surface area contributed by atoms with Crippen molar-refractivity contribution in [2.24, 2.45) is 5.41 Å². The highest BCUT2D eigenvalue weighted by Crippen LogP contribution is 2.62. The van der Waals surface area contributed by atoms with Crippen molar-refractivity contribution in [3.05, 3.63) is 36.5 Å². The third-order valence-corrected chi connectivity index (χ3v) is 12.3. The highest BCUT2D eigenvalue weighted by atomic mass is 16.2. The predicted molar refractivity (Wildman–Crippen MR) is 235 cm³/mol. The number of allylic oxidation sites excluding steroid dienone is 6. The molecule has 0 aromatic carbocycles. The maximum Gasteiger partial charge on any atom is 0.246 e. The van der Waals surface area contributed by atoms with E-state index in [1.54, 1.807) is 0 Å². The van der Waals surface area contributed by atoms with E-state index in [1.165, 1.54) is 148 Å². The van der Waals surface area contributed by atoms with E-state index < -0.39 is 5.54 Å². The maximum absolute atomic E-state index is 14.1. The van der Waals surface area contributed by atoms with Gasteiger partial charge in [-0.25, -0.2) is 0 Å². The summed E-state index contributed by atoms with van der Waals surface area (Å²) < 4.78 is 0. The zero-order valence-electron chi connectivity index (χ0n) is 36.4. The second-order valence-corrected chi connectivity index (χ2v) is 17.6. The molecule has 0 atom stereocenters. The van der Waals surface area contributed by atoms with Gasteiger partial charge < -0.3 is 15.1 Å². The van der Waals surface area contributed by atoms with E-state index >= 15 is 0 Å². The molecule has 0 radical (unpaired) electrons. The van der Waals surface area contributed by atoms with Crippen molar-refractivity contribution in [1.82, 2.24) is 15.1 Å². The number of nitrogens with zero attached hydrogens (tertiary/aromatic N) is 2. The summed E-state index contributed by atoms with van der Waals surface area (Å²) in [4.78, 5) is 32.3. The highest BCUT2D eigenvalue weighted by Gasteiger charge is 2.64. The fourth-order valence-electron chi connectivity index (χ4n) is 8.78. The molecular weight excluding hydrogens is 663 g/mol. The highest BCUT2D eigenvalue weighted by molar-refractivity contribution is 5.93. The van der Waals surface area contributed by atoms with Crippen molar-refractivity contribution in [1.29, 1.82) is 0 Å². The summed E-state index contributed by atoms with van der Waals surface area (Å²) in [5.74, 6) is 0.340. The Morgan fingerprint density at radius 1 is 0.556 bits per heavy atom. The van der Waals surface area contributed by atoms with Gasteiger partial charge in [0.2, 0.25) is 11.8 Å². The van der Waals surface area contributed by atoms with Crippen LogP contribution in [0, 0.1) is 5.41 Å². The summed E-state index contributed by atoms with van der Waals surface area (Å²) in [6, 6.07) is 0. The number of carbonyl (C=O) groups excluding carboxylic acids is 2. The Labute approximate surface area is 336 Å². The molecule has 2 aliphatic carbocycles. The average Bonchev–Trinajstić information content (AvgIpc) is 3.12. The Morgan fingerprint density at radius 3 is 1.54 bits per heavy atom. The molecule has 1 N–H and O–H groups in total. The van der Waals surface area contributed by atoms with Crippen LogP contribution in [-0.2, 0) is 9.59 Å². The topological polar surface area (TPSA) is 52.7 Å². The van der Waals surface area contributed by atoms with Gasteiger partial charge in [-0.05, 0) is 129 Å². The first-order chi connectivity index (χ1) is 26.4. The zero-order valence-corrected chi connectivity index (χ0v) is 36.4. The van der Waals surface area contributed by atoms with Crippen molar-refractivity contribution in [3.63, 3.8) is 0 Å². The molecule has 2 rings (SSSR count). The molecule has 0 aliphatic heterocycles. The maximum atomic E-state index is 14.1. The summed E-state index contributed by atoms with van der Waals surface area (Å²) in [6.07, 6.45) is 52.1. The first-order valence-corrected chi connectivity index (χ1v) is 23.6. The molecule has 1 spiro atoms. The number of hydrogen-bond donors (Lipinski definition) is 1. The summed E-state index contributed by atoms with van der Waals surface area (Å²) in [5, 5.41) is 3.36. The first kappa shape index (κ1) is 48.3. The Bertz CT molecular complexity index is 1020. The smallest absolute Gasteiger partial charge is 0.246 e. The molecule has 0 bridgehead atoms. The quantitative estimate of drug-likeness (QED) is 0.0512. The Morgan fingerprint density at radius 2 is 1.02 bits per heavy atom. The van der Waals surface area contributed by atoms with E-state index in [2.05, 4.69) is 79.5 Å². The number of nitrogens with one attached hydrogen (secondary N) is 1. The van der Waals surface area contributed by atoms with E-state index in [0.717, 1.165) is 64.5 Å². The normalized spacial score (nSPS) is 16.2. The third kappa shape index (κ3) is 20.9. The number of rotatable bonds is 36. The average molecular weight is 752 g/mol. The summed E-state index contributed by atoms with van der Waals surface area (Å²) in [5.41, 5.74) is -0.330. The van der Waals surface area contributed by atoms with Gasteiger partial charge in [0.1, 0.15) is 5.54 Å². The molecule has 0 saturated heterocycles. The molecule has 2 saturated carbocycles. The van der Waals surface area contributed by atoms with Gasteiger partial charge in [-0.2, -0.15) is 0 Å². The molecule has 312 valence electrons. The fraction of sp³-hybridized carbons (Fsp3) is 0.837. The van der Waals surface area contributed by atoms with Gasteiger partial charge in [0.05, 0.1) is 0 Å². The molecule has 2 fully saturated rings. The second-order valence-electron chi connectivity index (χ2n) is 17.6. The van der Waals surface area contributed by atoms with E-state index in [0.29, 0.717) is 18.4 Å². The molecule has 0 aromatic rings. The molecule has 0 aromatic heterocycles. The summed E-state index contributed by atoms with van der Waals surface area (Å²) >= 11 is 0. The van der Waals surface area contributed by atoms with Crippen LogP contribution >= 0.6 is 0 Å². The Balaban J connectivity index is 1.70. The first-order valence-electron chi connectivity index (χ1n) is 23.6. The van der Waals surface area contributed by atoms with Gasteiger partial charge in [0.25, 0.3) is 0 Å². The molecule has 5 heteroatoms. The largest absolute Gasteiger partial charge is 0.354 e. The standard InChI is InChI=1S/C49H89N3O2/c1-5-7-9-11-13-15-17-19-21-23-25-27-29-31-33-35-41-50-47(54)49(44-48(45-49)39-36-40-48)52(43-37-42-51(3)4)46(53)38-34-32-30-28-26-24-22-20-18-16-14-12-10-8-6-2/h14,16,19-22H,5-13,15,17-18,23-45H2,1-4H3,(H,50,54)/b16-14-,21-19-,22-20-. The van der Waals surface area contributed by atoms with Gasteiger partial charge in [0.15, 0.2) is 0 Å². The van der Waals surface area contributed by atoms with E-state index in [1.807, 2.05) is 0 Å². The molecule has 2 amide bonds.